The lowest BCUT2D eigenvalue weighted by molar-refractivity contribution is 0.216. The van der Waals surface area contributed by atoms with Crippen molar-refractivity contribution in [2.75, 3.05) is 43.9 Å². The molecule has 0 amide bonds. The van der Waals surface area contributed by atoms with Crippen LogP contribution in [0.4, 0.5) is 11.5 Å². The Bertz CT molecular complexity index is 442. The predicted octanol–water partition coefficient (Wildman–Crippen LogP) is 1.46. The number of anilines is 2. The molecule has 0 saturated carbocycles. The maximum Gasteiger partial charge on any atom is 0.130 e. The summed E-state index contributed by atoms with van der Waals surface area (Å²) in [5.41, 5.74) is 6.90. The first kappa shape index (κ1) is 11.1. The van der Waals surface area contributed by atoms with Crippen molar-refractivity contribution in [3.63, 3.8) is 0 Å². The number of nitrogens with zero attached hydrogens (tertiary/aromatic N) is 3. The Hall–Kier alpha value is -1.00. The van der Waals surface area contributed by atoms with Crippen LogP contribution in [0.5, 0.6) is 0 Å². The van der Waals surface area contributed by atoms with Gasteiger partial charge in [0.15, 0.2) is 0 Å². The number of hydrogen-bond acceptors (Lipinski definition) is 4. The summed E-state index contributed by atoms with van der Waals surface area (Å²) < 4.78 is 0. The van der Waals surface area contributed by atoms with E-state index in [0.29, 0.717) is 16.1 Å². The Morgan fingerprint density at radius 1 is 1.41 bits per heavy atom. The van der Waals surface area contributed by atoms with Crippen molar-refractivity contribution in [3.05, 3.63) is 17.3 Å². The first-order chi connectivity index (χ1) is 8.08. The number of nitrogens with two attached hydrogens (primary N) is 1. The van der Waals surface area contributed by atoms with Gasteiger partial charge in [0.25, 0.3) is 0 Å². The second-order valence-electron chi connectivity index (χ2n) is 5.41. The van der Waals surface area contributed by atoms with Gasteiger partial charge in [-0.15, -0.1) is 0 Å². The third-order valence-electron chi connectivity index (χ3n) is 3.88. The normalized spacial score (nSPS) is 23.1. The predicted molar refractivity (Wildman–Crippen MR) is 70.4 cm³/mol. The number of halogens is 1. The van der Waals surface area contributed by atoms with Crippen molar-refractivity contribution in [3.8, 4) is 0 Å². The van der Waals surface area contributed by atoms with Gasteiger partial charge in [0, 0.05) is 37.3 Å². The van der Waals surface area contributed by atoms with Crippen molar-refractivity contribution >= 4 is 23.1 Å². The minimum absolute atomic E-state index is 0.491. The Morgan fingerprint density at radius 3 is 2.76 bits per heavy atom. The molecular weight excluding hydrogens is 236 g/mol. The highest BCUT2D eigenvalue weighted by molar-refractivity contribution is 6.32. The van der Waals surface area contributed by atoms with E-state index >= 15 is 0 Å². The van der Waals surface area contributed by atoms with Crippen LogP contribution >= 0.6 is 11.6 Å². The minimum atomic E-state index is 0.491. The van der Waals surface area contributed by atoms with Gasteiger partial charge in [-0.25, -0.2) is 4.98 Å². The lowest BCUT2D eigenvalue weighted by atomic mass is 9.79. The van der Waals surface area contributed by atoms with E-state index in [1.807, 2.05) is 6.07 Å². The molecule has 2 aliphatic heterocycles. The number of nitrogen functional groups attached to an aromatic ring is 1. The number of likely N-dealkylation sites (tertiary alicyclic amines) is 1. The van der Waals surface area contributed by atoms with E-state index in [4.69, 9.17) is 17.3 Å². The molecule has 0 aromatic carbocycles. The topological polar surface area (TPSA) is 45.4 Å². The van der Waals surface area contributed by atoms with Crippen LogP contribution in [-0.4, -0.2) is 43.1 Å². The lowest BCUT2D eigenvalue weighted by Crippen LogP contribution is -2.57. The first-order valence-electron chi connectivity index (χ1n) is 5.93. The Balaban J connectivity index is 1.71. The summed E-state index contributed by atoms with van der Waals surface area (Å²) in [7, 11) is 2.19. The highest BCUT2D eigenvalue weighted by Gasteiger charge is 2.47. The highest BCUT2D eigenvalue weighted by Crippen LogP contribution is 2.41. The third kappa shape index (κ3) is 1.85. The monoisotopic (exact) mass is 252 g/mol. The van der Waals surface area contributed by atoms with Crippen molar-refractivity contribution in [1.82, 2.24) is 9.88 Å². The smallest absolute Gasteiger partial charge is 0.130 e. The molecule has 3 rings (SSSR count). The van der Waals surface area contributed by atoms with E-state index in [9.17, 15) is 0 Å². The summed E-state index contributed by atoms with van der Waals surface area (Å²) in [6, 6.07) is 1.87. The van der Waals surface area contributed by atoms with Gasteiger partial charge in [-0.05, 0) is 20.0 Å². The van der Waals surface area contributed by atoms with Crippen molar-refractivity contribution in [2.45, 2.75) is 6.42 Å². The van der Waals surface area contributed by atoms with Gasteiger partial charge in [0.05, 0.1) is 10.7 Å². The summed E-state index contributed by atoms with van der Waals surface area (Å²) in [4.78, 5) is 9.02. The summed E-state index contributed by atoms with van der Waals surface area (Å²) in [6.45, 7) is 4.59. The average molecular weight is 253 g/mol. The molecule has 0 aliphatic carbocycles. The Labute approximate surface area is 106 Å². The van der Waals surface area contributed by atoms with Crippen LogP contribution < -0.4 is 10.6 Å². The van der Waals surface area contributed by atoms with E-state index in [1.165, 1.54) is 19.5 Å². The van der Waals surface area contributed by atoms with Gasteiger partial charge in [0.2, 0.25) is 0 Å². The number of rotatable bonds is 1. The molecule has 2 saturated heterocycles. The maximum atomic E-state index is 5.87. The van der Waals surface area contributed by atoms with E-state index < -0.39 is 0 Å². The van der Waals surface area contributed by atoms with Crippen LogP contribution in [0.15, 0.2) is 12.3 Å². The summed E-state index contributed by atoms with van der Waals surface area (Å²) >= 11 is 5.87. The molecule has 3 heterocycles. The van der Waals surface area contributed by atoms with Crippen LogP contribution in [0.2, 0.25) is 5.02 Å². The molecule has 0 radical (unpaired) electrons. The fourth-order valence-electron chi connectivity index (χ4n) is 2.96. The molecule has 0 atom stereocenters. The van der Waals surface area contributed by atoms with Crippen molar-refractivity contribution in [1.29, 1.82) is 0 Å². The molecule has 5 heteroatoms. The fourth-order valence-corrected chi connectivity index (χ4v) is 3.06. The summed E-state index contributed by atoms with van der Waals surface area (Å²) in [5, 5.41) is 0.532. The number of hydrogen-bond donors (Lipinski definition) is 1. The third-order valence-corrected chi connectivity index (χ3v) is 4.19. The van der Waals surface area contributed by atoms with Gasteiger partial charge in [-0.2, -0.15) is 0 Å². The molecule has 92 valence electrons. The Kier molecular flexibility index (Phi) is 2.45. The van der Waals surface area contributed by atoms with Gasteiger partial charge in [-0.1, -0.05) is 11.6 Å². The summed E-state index contributed by atoms with van der Waals surface area (Å²) in [5.74, 6) is 0.951. The SMILES string of the molecule is CN1CCC2(C1)CN(c1cc(N)c(Cl)cn1)C2. The molecule has 0 unspecified atom stereocenters. The largest absolute Gasteiger partial charge is 0.397 e. The minimum Gasteiger partial charge on any atom is -0.397 e. The first-order valence-corrected chi connectivity index (χ1v) is 6.30. The van der Waals surface area contributed by atoms with Crippen LogP contribution in [0.1, 0.15) is 6.42 Å². The second-order valence-corrected chi connectivity index (χ2v) is 5.82. The molecule has 0 bridgehead atoms. The van der Waals surface area contributed by atoms with E-state index in [1.54, 1.807) is 6.20 Å². The summed E-state index contributed by atoms with van der Waals surface area (Å²) in [6.07, 6.45) is 2.93. The molecule has 1 aromatic rings. The molecule has 1 spiro atoms. The molecule has 17 heavy (non-hydrogen) atoms. The molecule has 2 N–H and O–H groups in total. The van der Waals surface area contributed by atoms with Crippen LogP contribution in [0.25, 0.3) is 0 Å². The van der Waals surface area contributed by atoms with Crippen molar-refractivity contribution in [2.24, 2.45) is 5.41 Å². The Morgan fingerprint density at radius 2 is 2.18 bits per heavy atom. The average Bonchev–Trinajstić information content (AvgIpc) is 2.63. The quantitative estimate of drug-likeness (QED) is 0.822. The maximum absolute atomic E-state index is 5.87. The highest BCUT2D eigenvalue weighted by atomic mass is 35.5. The molecule has 1 aromatic heterocycles. The molecule has 4 nitrogen and oxygen atoms in total. The van der Waals surface area contributed by atoms with Crippen LogP contribution in [0.3, 0.4) is 0 Å². The van der Waals surface area contributed by atoms with Gasteiger partial charge in [0.1, 0.15) is 5.82 Å². The van der Waals surface area contributed by atoms with Crippen molar-refractivity contribution < 1.29 is 0 Å². The fraction of sp³-hybridized carbons (Fsp3) is 0.583. The zero-order valence-corrected chi connectivity index (χ0v) is 10.7. The van der Waals surface area contributed by atoms with E-state index in [2.05, 4.69) is 21.8 Å². The molecule has 2 aliphatic rings. The zero-order chi connectivity index (χ0) is 12.0. The standard InChI is InChI=1S/C12H17ClN4/c1-16-3-2-12(6-16)7-17(8-12)11-4-10(14)9(13)5-15-11/h4-5H,2-3,6-8H2,1H3,(H2,14,15). The van der Waals surface area contributed by atoms with Crippen LogP contribution in [0, 0.1) is 5.41 Å². The van der Waals surface area contributed by atoms with E-state index in [0.717, 1.165) is 18.9 Å². The number of aromatic nitrogens is 1. The molecule has 2 fully saturated rings. The van der Waals surface area contributed by atoms with Gasteiger partial charge in [-0.3, -0.25) is 0 Å². The number of pyridine rings is 1. The second kappa shape index (κ2) is 3.75. The lowest BCUT2D eigenvalue weighted by Gasteiger charge is -2.48. The van der Waals surface area contributed by atoms with Gasteiger partial charge >= 0.3 is 0 Å². The van der Waals surface area contributed by atoms with E-state index in [-0.39, 0.29) is 0 Å². The molecular formula is C12H17ClN4. The van der Waals surface area contributed by atoms with Crippen LogP contribution in [-0.2, 0) is 0 Å². The van der Waals surface area contributed by atoms with Gasteiger partial charge < -0.3 is 15.5 Å². The zero-order valence-electron chi connectivity index (χ0n) is 9.99.